The third kappa shape index (κ3) is 4.73. The Bertz CT molecular complexity index is 789. The van der Waals surface area contributed by atoms with Gasteiger partial charge in [0.05, 0.1) is 16.3 Å². The van der Waals surface area contributed by atoms with E-state index >= 15 is 0 Å². The van der Waals surface area contributed by atoms with Gasteiger partial charge in [-0.05, 0) is 55.2 Å². The van der Waals surface area contributed by atoms with Crippen molar-refractivity contribution in [2.45, 2.75) is 20.8 Å². The molecule has 1 N–H and O–H groups in total. The minimum absolute atomic E-state index is 0.107. The molecule has 24 heavy (non-hydrogen) atoms. The predicted octanol–water partition coefficient (Wildman–Crippen LogP) is 4.45. The number of hydrogen-bond donors (Lipinski definition) is 1. The number of carbonyl (C=O) groups is 1. The molecule has 0 aliphatic rings. The predicted molar refractivity (Wildman–Crippen MR) is 98.3 cm³/mol. The summed E-state index contributed by atoms with van der Waals surface area (Å²) in [6, 6.07) is 9.08. The summed E-state index contributed by atoms with van der Waals surface area (Å²) in [6.45, 7) is 5.81. The third-order valence-corrected chi connectivity index (χ3v) is 4.31. The van der Waals surface area contributed by atoms with E-state index in [0.29, 0.717) is 10.0 Å². The number of nitrogens with one attached hydrogen (secondary N) is 1. The van der Waals surface area contributed by atoms with Crippen molar-refractivity contribution in [3.05, 3.63) is 62.6 Å². The van der Waals surface area contributed by atoms with Gasteiger partial charge in [-0.1, -0.05) is 41.4 Å². The molecule has 0 aliphatic carbocycles. The normalized spacial score (nSPS) is 10.9. The number of halogens is 2. The Hall–Kier alpha value is -2.04. The van der Waals surface area contributed by atoms with Crippen molar-refractivity contribution in [3.8, 4) is 5.75 Å². The quantitative estimate of drug-likeness (QED) is 0.629. The maximum absolute atomic E-state index is 11.8. The lowest BCUT2D eigenvalue weighted by molar-refractivity contribution is -0.123. The Labute approximate surface area is 151 Å². The third-order valence-electron chi connectivity index (χ3n) is 3.57. The van der Waals surface area contributed by atoms with Crippen LogP contribution in [-0.4, -0.2) is 18.7 Å². The standard InChI is InChI=1S/C18H18Cl2N2O2/c1-11-4-5-12(2)18(13(11)3)24-10-17(23)22-21-9-14-6-7-15(19)16(20)8-14/h4-9H,10H2,1-3H3,(H,22,23). The number of hydrazone groups is 1. The van der Waals surface area contributed by atoms with Crippen molar-refractivity contribution < 1.29 is 9.53 Å². The largest absolute Gasteiger partial charge is 0.483 e. The molecular formula is C18H18Cl2N2O2. The summed E-state index contributed by atoms with van der Waals surface area (Å²) in [5, 5.41) is 4.78. The zero-order valence-electron chi connectivity index (χ0n) is 13.7. The molecule has 1 amide bonds. The van der Waals surface area contributed by atoms with Crippen molar-refractivity contribution in [3.63, 3.8) is 0 Å². The minimum Gasteiger partial charge on any atom is -0.483 e. The number of hydrogen-bond acceptors (Lipinski definition) is 3. The maximum Gasteiger partial charge on any atom is 0.277 e. The van der Waals surface area contributed by atoms with E-state index in [1.807, 2.05) is 32.9 Å². The van der Waals surface area contributed by atoms with E-state index in [0.717, 1.165) is 28.0 Å². The number of aryl methyl sites for hydroxylation is 2. The van der Waals surface area contributed by atoms with E-state index in [1.54, 1.807) is 18.2 Å². The Balaban J connectivity index is 1.91. The van der Waals surface area contributed by atoms with Gasteiger partial charge >= 0.3 is 0 Å². The Morgan fingerprint density at radius 2 is 1.83 bits per heavy atom. The number of amides is 1. The first kappa shape index (κ1) is 18.3. The van der Waals surface area contributed by atoms with Gasteiger partial charge in [-0.25, -0.2) is 5.43 Å². The fraction of sp³-hybridized carbons (Fsp3) is 0.222. The van der Waals surface area contributed by atoms with Crippen molar-refractivity contribution in [2.75, 3.05) is 6.61 Å². The van der Waals surface area contributed by atoms with Crippen LogP contribution in [0.3, 0.4) is 0 Å². The molecule has 0 heterocycles. The van der Waals surface area contributed by atoms with Crippen LogP contribution in [0, 0.1) is 20.8 Å². The average molecular weight is 365 g/mol. The summed E-state index contributed by atoms with van der Waals surface area (Å²) >= 11 is 11.8. The molecule has 0 saturated heterocycles. The number of carbonyl (C=O) groups excluding carboxylic acids is 1. The van der Waals surface area contributed by atoms with Gasteiger partial charge in [0, 0.05) is 0 Å². The average Bonchev–Trinajstić information content (AvgIpc) is 2.54. The number of ether oxygens (including phenoxy) is 1. The molecule has 0 fully saturated rings. The van der Waals surface area contributed by atoms with E-state index in [4.69, 9.17) is 27.9 Å². The molecule has 0 saturated carbocycles. The lowest BCUT2D eigenvalue weighted by Gasteiger charge is -2.13. The van der Waals surface area contributed by atoms with Crippen LogP contribution in [0.1, 0.15) is 22.3 Å². The van der Waals surface area contributed by atoms with Gasteiger partial charge in [0.2, 0.25) is 0 Å². The van der Waals surface area contributed by atoms with Crippen LogP contribution in [0.2, 0.25) is 10.0 Å². The summed E-state index contributed by atoms with van der Waals surface area (Å²) in [6.07, 6.45) is 1.49. The monoisotopic (exact) mass is 364 g/mol. The highest BCUT2D eigenvalue weighted by Gasteiger charge is 2.08. The second kappa shape index (κ2) is 8.18. The first-order chi connectivity index (χ1) is 11.4. The van der Waals surface area contributed by atoms with E-state index in [2.05, 4.69) is 10.5 Å². The van der Waals surface area contributed by atoms with Gasteiger partial charge in [0.1, 0.15) is 5.75 Å². The van der Waals surface area contributed by atoms with E-state index < -0.39 is 0 Å². The molecule has 6 heteroatoms. The molecule has 0 aromatic heterocycles. The van der Waals surface area contributed by atoms with Gasteiger partial charge in [0.25, 0.3) is 5.91 Å². The Morgan fingerprint density at radius 3 is 2.54 bits per heavy atom. The molecule has 4 nitrogen and oxygen atoms in total. The molecule has 2 rings (SSSR count). The van der Waals surface area contributed by atoms with E-state index in [9.17, 15) is 4.79 Å². The lowest BCUT2D eigenvalue weighted by Crippen LogP contribution is -2.25. The van der Waals surface area contributed by atoms with Crippen LogP contribution in [0.25, 0.3) is 0 Å². The smallest absolute Gasteiger partial charge is 0.277 e. The molecule has 0 atom stereocenters. The van der Waals surface area contributed by atoms with Crippen LogP contribution in [0.5, 0.6) is 5.75 Å². The molecule has 0 aliphatic heterocycles. The summed E-state index contributed by atoms with van der Waals surface area (Å²) in [7, 11) is 0. The van der Waals surface area contributed by atoms with Crippen molar-refractivity contribution in [1.82, 2.24) is 5.43 Å². The van der Waals surface area contributed by atoms with Crippen molar-refractivity contribution in [1.29, 1.82) is 0 Å². The molecule has 0 spiro atoms. The van der Waals surface area contributed by atoms with Gasteiger partial charge < -0.3 is 4.74 Å². The number of rotatable bonds is 5. The van der Waals surface area contributed by atoms with Crippen molar-refractivity contribution >= 4 is 35.3 Å². The molecule has 0 unspecified atom stereocenters. The maximum atomic E-state index is 11.8. The number of benzene rings is 2. The second-order valence-electron chi connectivity index (χ2n) is 5.41. The van der Waals surface area contributed by atoms with Crippen LogP contribution in [-0.2, 0) is 4.79 Å². The van der Waals surface area contributed by atoms with Gasteiger partial charge in [0.15, 0.2) is 6.61 Å². The summed E-state index contributed by atoms with van der Waals surface area (Å²) < 4.78 is 5.62. The second-order valence-corrected chi connectivity index (χ2v) is 6.22. The van der Waals surface area contributed by atoms with Gasteiger partial charge in [-0.15, -0.1) is 0 Å². The number of nitrogens with zero attached hydrogens (tertiary/aromatic N) is 1. The van der Waals surface area contributed by atoms with Gasteiger partial charge in [-0.2, -0.15) is 5.10 Å². The fourth-order valence-electron chi connectivity index (χ4n) is 2.09. The highest BCUT2D eigenvalue weighted by atomic mass is 35.5. The highest BCUT2D eigenvalue weighted by Crippen LogP contribution is 2.25. The first-order valence-corrected chi connectivity index (χ1v) is 8.10. The highest BCUT2D eigenvalue weighted by molar-refractivity contribution is 6.42. The molecule has 2 aromatic carbocycles. The fourth-order valence-corrected chi connectivity index (χ4v) is 2.40. The summed E-state index contributed by atoms with van der Waals surface area (Å²) in [4.78, 5) is 11.8. The summed E-state index contributed by atoms with van der Waals surface area (Å²) in [5.74, 6) is 0.394. The van der Waals surface area contributed by atoms with E-state index in [-0.39, 0.29) is 12.5 Å². The molecule has 0 bridgehead atoms. The van der Waals surface area contributed by atoms with Crippen LogP contribution in [0.4, 0.5) is 0 Å². The van der Waals surface area contributed by atoms with E-state index in [1.165, 1.54) is 6.21 Å². The summed E-state index contributed by atoms with van der Waals surface area (Å²) in [5.41, 5.74) is 6.29. The molecular weight excluding hydrogens is 347 g/mol. The zero-order valence-corrected chi connectivity index (χ0v) is 15.2. The first-order valence-electron chi connectivity index (χ1n) is 7.35. The molecule has 126 valence electrons. The van der Waals surface area contributed by atoms with Crippen LogP contribution < -0.4 is 10.2 Å². The molecule has 2 aromatic rings. The topological polar surface area (TPSA) is 50.7 Å². The zero-order chi connectivity index (χ0) is 17.7. The SMILES string of the molecule is Cc1ccc(C)c(OCC(=O)NN=Cc2ccc(Cl)c(Cl)c2)c1C. The Morgan fingerprint density at radius 1 is 1.12 bits per heavy atom. The van der Waals surface area contributed by atoms with Crippen LogP contribution >= 0.6 is 23.2 Å². The minimum atomic E-state index is -0.341. The lowest BCUT2D eigenvalue weighted by atomic mass is 10.1. The molecule has 0 radical (unpaired) electrons. The van der Waals surface area contributed by atoms with Crippen LogP contribution in [0.15, 0.2) is 35.4 Å². The van der Waals surface area contributed by atoms with Gasteiger partial charge in [-0.3, -0.25) is 4.79 Å². The Kier molecular flexibility index (Phi) is 6.23. The van der Waals surface area contributed by atoms with Crippen molar-refractivity contribution in [2.24, 2.45) is 5.10 Å².